The van der Waals surface area contributed by atoms with E-state index in [0.29, 0.717) is 18.4 Å². The van der Waals surface area contributed by atoms with E-state index in [-0.39, 0.29) is 0 Å². The maximum atomic E-state index is 5.65. The number of nitrogens with zero attached hydrogens (tertiary/aromatic N) is 3. The Morgan fingerprint density at radius 2 is 1.86 bits per heavy atom. The number of aromatic nitrogens is 2. The smallest absolute Gasteiger partial charge is 0.233 e. The molecule has 0 saturated heterocycles. The van der Waals surface area contributed by atoms with Crippen LogP contribution in [0, 0.1) is 13.8 Å². The highest BCUT2D eigenvalue weighted by Gasteiger charge is 2.13. The van der Waals surface area contributed by atoms with Crippen LogP contribution in [0.2, 0.25) is 0 Å². The molecule has 0 aliphatic rings. The molecule has 0 unspecified atom stereocenters. The lowest BCUT2D eigenvalue weighted by Crippen LogP contribution is -2.23. The number of rotatable bonds is 6. The maximum absolute atomic E-state index is 5.65. The number of ether oxygens (including phenoxy) is 1. The first-order valence-corrected chi connectivity index (χ1v) is 7.08. The van der Waals surface area contributed by atoms with Gasteiger partial charge in [0.25, 0.3) is 0 Å². The molecule has 1 aromatic heterocycles. The molecule has 0 radical (unpaired) electrons. The summed E-state index contributed by atoms with van der Waals surface area (Å²) in [6, 6.07) is 10.1. The minimum absolute atomic E-state index is 0.572. The number of hydrogen-bond acceptors (Lipinski definition) is 5. The van der Waals surface area contributed by atoms with E-state index in [1.807, 2.05) is 13.0 Å². The van der Waals surface area contributed by atoms with Crippen LogP contribution >= 0.6 is 0 Å². The molecule has 0 saturated carbocycles. The standard InChI is InChI=1S/C16H22N4O/c1-12-5-7-14(8-6-12)20(10-4-9-17)16-18-13(2)11-15(19-16)21-3/h5-8,11H,4,9-10,17H2,1-3H3. The van der Waals surface area contributed by atoms with E-state index in [9.17, 15) is 0 Å². The molecule has 0 amide bonds. The second kappa shape index (κ2) is 7.04. The van der Waals surface area contributed by atoms with E-state index in [4.69, 9.17) is 10.5 Å². The van der Waals surface area contributed by atoms with Crippen molar-refractivity contribution >= 4 is 11.6 Å². The minimum Gasteiger partial charge on any atom is -0.481 e. The van der Waals surface area contributed by atoms with Gasteiger partial charge in [0.1, 0.15) is 0 Å². The maximum Gasteiger partial charge on any atom is 0.233 e. The Hall–Kier alpha value is -2.14. The fourth-order valence-corrected chi connectivity index (χ4v) is 2.07. The highest BCUT2D eigenvalue weighted by atomic mass is 16.5. The van der Waals surface area contributed by atoms with Crippen LogP contribution in [0.3, 0.4) is 0 Å². The molecule has 112 valence electrons. The number of anilines is 2. The van der Waals surface area contributed by atoms with Gasteiger partial charge in [-0.25, -0.2) is 4.98 Å². The van der Waals surface area contributed by atoms with Gasteiger partial charge in [0.05, 0.1) is 7.11 Å². The number of benzene rings is 1. The van der Waals surface area contributed by atoms with Crippen LogP contribution in [0.5, 0.6) is 5.88 Å². The van der Waals surface area contributed by atoms with Crippen LogP contribution in [-0.4, -0.2) is 30.2 Å². The monoisotopic (exact) mass is 286 g/mol. The average Bonchev–Trinajstić information content (AvgIpc) is 2.49. The molecule has 1 heterocycles. The molecule has 0 aliphatic carbocycles. The zero-order valence-electron chi connectivity index (χ0n) is 12.8. The van der Waals surface area contributed by atoms with E-state index in [1.54, 1.807) is 7.11 Å². The van der Waals surface area contributed by atoms with Gasteiger partial charge in [-0.3, -0.25) is 0 Å². The van der Waals surface area contributed by atoms with Gasteiger partial charge in [0, 0.05) is 24.0 Å². The fraction of sp³-hybridized carbons (Fsp3) is 0.375. The van der Waals surface area contributed by atoms with Gasteiger partial charge in [-0.05, 0) is 38.9 Å². The molecule has 0 aliphatic heterocycles. The lowest BCUT2D eigenvalue weighted by Gasteiger charge is -2.23. The van der Waals surface area contributed by atoms with Crippen molar-refractivity contribution < 1.29 is 4.74 Å². The van der Waals surface area contributed by atoms with Gasteiger partial charge in [-0.15, -0.1) is 0 Å². The molecule has 5 nitrogen and oxygen atoms in total. The molecule has 5 heteroatoms. The van der Waals surface area contributed by atoms with E-state index in [0.717, 1.165) is 24.3 Å². The molecule has 0 fully saturated rings. The third kappa shape index (κ3) is 3.92. The van der Waals surface area contributed by atoms with Crippen LogP contribution in [0.15, 0.2) is 30.3 Å². The van der Waals surface area contributed by atoms with Gasteiger partial charge in [-0.1, -0.05) is 17.7 Å². The molecule has 2 N–H and O–H groups in total. The summed E-state index contributed by atoms with van der Waals surface area (Å²) >= 11 is 0. The fourth-order valence-electron chi connectivity index (χ4n) is 2.07. The summed E-state index contributed by atoms with van der Waals surface area (Å²) in [5.41, 5.74) is 8.81. The third-order valence-electron chi connectivity index (χ3n) is 3.20. The van der Waals surface area contributed by atoms with Crippen molar-refractivity contribution in [2.45, 2.75) is 20.3 Å². The Balaban J connectivity index is 2.39. The largest absolute Gasteiger partial charge is 0.481 e. The molecule has 0 atom stereocenters. The molecule has 2 rings (SSSR count). The molecule has 21 heavy (non-hydrogen) atoms. The Kier molecular flexibility index (Phi) is 5.11. The summed E-state index contributed by atoms with van der Waals surface area (Å²) in [7, 11) is 1.61. The van der Waals surface area contributed by atoms with Crippen LogP contribution in [0.1, 0.15) is 17.7 Å². The van der Waals surface area contributed by atoms with E-state index >= 15 is 0 Å². The summed E-state index contributed by atoms with van der Waals surface area (Å²) < 4.78 is 5.24. The van der Waals surface area contributed by atoms with Gasteiger partial charge in [-0.2, -0.15) is 4.98 Å². The Labute approximate surface area is 125 Å². The Morgan fingerprint density at radius 1 is 1.14 bits per heavy atom. The van der Waals surface area contributed by atoms with Crippen LogP contribution in [0.25, 0.3) is 0 Å². The Morgan fingerprint density at radius 3 is 2.48 bits per heavy atom. The molecular weight excluding hydrogens is 264 g/mol. The zero-order valence-corrected chi connectivity index (χ0v) is 12.8. The van der Waals surface area contributed by atoms with Gasteiger partial charge in [0.15, 0.2) is 0 Å². The predicted octanol–water partition coefficient (Wildman–Crippen LogP) is 2.59. The quantitative estimate of drug-likeness (QED) is 0.884. The summed E-state index contributed by atoms with van der Waals surface area (Å²) in [6.45, 7) is 5.40. The van der Waals surface area contributed by atoms with Crippen molar-refractivity contribution in [1.82, 2.24) is 9.97 Å². The van der Waals surface area contributed by atoms with Gasteiger partial charge >= 0.3 is 0 Å². The van der Waals surface area contributed by atoms with E-state index in [2.05, 4.69) is 46.1 Å². The van der Waals surface area contributed by atoms with Crippen LogP contribution in [0.4, 0.5) is 11.6 Å². The van der Waals surface area contributed by atoms with Crippen molar-refractivity contribution in [3.05, 3.63) is 41.6 Å². The number of hydrogen-bond donors (Lipinski definition) is 1. The minimum atomic E-state index is 0.572. The first kappa shape index (κ1) is 15.3. The average molecular weight is 286 g/mol. The van der Waals surface area contributed by atoms with Crippen molar-refractivity contribution in [2.75, 3.05) is 25.1 Å². The SMILES string of the molecule is COc1cc(C)nc(N(CCCN)c2ccc(C)cc2)n1. The summed E-state index contributed by atoms with van der Waals surface area (Å²) in [5.74, 6) is 1.21. The Bertz CT molecular complexity index is 583. The third-order valence-corrected chi connectivity index (χ3v) is 3.20. The summed E-state index contributed by atoms with van der Waals surface area (Å²) in [5, 5.41) is 0. The van der Waals surface area contributed by atoms with Crippen molar-refractivity contribution in [3.8, 4) is 5.88 Å². The second-order valence-corrected chi connectivity index (χ2v) is 4.98. The summed E-state index contributed by atoms with van der Waals surface area (Å²) in [6.07, 6.45) is 0.869. The van der Waals surface area contributed by atoms with Gasteiger partial charge < -0.3 is 15.4 Å². The number of aryl methyl sites for hydroxylation is 2. The van der Waals surface area contributed by atoms with Gasteiger partial charge in [0.2, 0.25) is 11.8 Å². The highest BCUT2D eigenvalue weighted by Crippen LogP contribution is 2.24. The summed E-state index contributed by atoms with van der Waals surface area (Å²) in [4.78, 5) is 11.1. The lowest BCUT2D eigenvalue weighted by atomic mass is 10.2. The molecular formula is C16H22N4O. The molecule has 1 aromatic carbocycles. The van der Waals surface area contributed by atoms with Crippen LogP contribution in [-0.2, 0) is 0 Å². The number of nitrogens with two attached hydrogens (primary N) is 1. The van der Waals surface area contributed by atoms with Crippen LogP contribution < -0.4 is 15.4 Å². The lowest BCUT2D eigenvalue weighted by molar-refractivity contribution is 0.396. The highest BCUT2D eigenvalue weighted by molar-refractivity contribution is 5.58. The van der Waals surface area contributed by atoms with Crippen molar-refractivity contribution in [2.24, 2.45) is 5.73 Å². The number of methoxy groups -OCH3 is 1. The normalized spacial score (nSPS) is 10.5. The van der Waals surface area contributed by atoms with Crippen molar-refractivity contribution in [3.63, 3.8) is 0 Å². The van der Waals surface area contributed by atoms with Crippen molar-refractivity contribution in [1.29, 1.82) is 0 Å². The topological polar surface area (TPSA) is 64.3 Å². The first-order valence-electron chi connectivity index (χ1n) is 7.08. The molecule has 0 spiro atoms. The molecule has 0 bridgehead atoms. The zero-order chi connectivity index (χ0) is 15.2. The van der Waals surface area contributed by atoms with E-state index in [1.165, 1.54) is 5.56 Å². The first-order chi connectivity index (χ1) is 10.1. The second-order valence-electron chi connectivity index (χ2n) is 4.98. The van der Waals surface area contributed by atoms with E-state index < -0.39 is 0 Å². The molecule has 2 aromatic rings. The predicted molar refractivity (Wildman–Crippen MR) is 85.2 cm³/mol.